The minimum absolute atomic E-state index is 0.0165. The quantitative estimate of drug-likeness (QED) is 0.610. The molecule has 1 aliphatic rings. The van der Waals surface area contributed by atoms with Crippen LogP contribution in [0.15, 0.2) is 36.5 Å². The predicted octanol–water partition coefficient (Wildman–Crippen LogP) is 1.93. The van der Waals surface area contributed by atoms with Gasteiger partial charge >= 0.3 is 0 Å². The SMILES string of the molecule is COc1ccnc(N2CCC(C(=O)NCc3ccccc3[N+](=O)[O-])CC2)n1. The predicted molar refractivity (Wildman–Crippen MR) is 98.5 cm³/mol. The van der Waals surface area contributed by atoms with Crippen LogP contribution in [-0.4, -0.2) is 41.0 Å². The average Bonchev–Trinajstić information content (AvgIpc) is 2.72. The van der Waals surface area contributed by atoms with Crippen LogP contribution in [0.4, 0.5) is 11.6 Å². The number of piperidine rings is 1. The molecule has 9 nitrogen and oxygen atoms in total. The second kappa shape index (κ2) is 8.43. The minimum atomic E-state index is -0.436. The van der Waals surface area contributed by atoms with E-state index in [2.05, 4.69) is 15.3 Å². The number of rotatable bonds is 6. The number of hydrogen-bond acceptors (Lipinski definition) is 7. The van der Waals surface area contributed by atoms with Crippen LogP contribution < -0.4 is 15.0 Å². The number of carbonyl (C=O) groups is 1. The first-order chi connectivity index (χ1) is 13.1. The Morgan fingerprint density at radius 2 is 2.07 bits per heavy atom. The van der Waals surface area contributed by atoms with Crippen LogP contribution in [0.1, 0.15) is 18.4 Å². The third kappa shape index (κ3) is 4.49. The highest BCUT2D eigenvalue weighted by atomic mass is 16.6. The monoisotopic (exact) mass is 371 g/mol. The Morgan fingerprint density at radius 3 is 2.78 bits per heavy atom. The van der Waals surface area contributed by atoms with Crippen LogP contribution in [0.5, 0.6) is 5.88 Å². The number of amides is 1. The molecule has 3 rings (SSSR count). The van der Waals surface area contributed by atoms with E-state index in [1.165, 1.54) is 6.07 Å². The van der Waals surface area contributed by atoms with E-state index in [9.17, 15) is 14.9 Å². The van der Waals surface area contributed by atoms with Crippen LogP contribution >= 0.6 is 0 Å². The van der Waals surface area contributed by atoms with Crippen molar-refractivity contribution in [1.82, 2.24) is 15.3 Å². The third-order valence-corrected chi connectivity index (χ3v) is 4.62. The van der Waals surface area contributed by atoms with Crippen LogP contribution in [0.3, 0.4) is 0 Å². The van der Waals surface area contributed by atoms with Crippen LogP contribution in [-0.2, 0) is 11.3 Å². The number of benzene rings is 1. The van der Waals surface area contributed by atoms with E-state index in [1.807, 2.05) is 4.90 Å². The van der Waals surface area contributed by atoms with Crippen molar-refractivity contribution in [3.63, 3.8) is 0 Å². The van der Waals surface area contributed by atoms with Gasteiger partial charge in [-0.15, -0.1) is 0 Å². The summed E-state index contributed by atoms with van der Waals surface area (Å²) in [5.74, 6) is 0.881. The number of ether oxygens (including phenoxy) is 1. The Kier molecular flexibility index (Phi) is 5.80. The van der Waals surface area contributed by atoms with Gasteiger partial charge in [0.1, 0.15) is 0 Å². The lowest BCUT2D eigenvalue weighted by Gasteiger charge is -2.31. The maximum absolute atomic E-state index is 12.4. The molecule has 0 atom stereocenters. The number of aromatic nitrogens is 2. The zero-order valence-corrected chi connectivity index (χ0v) is 15.0. The van der Waals surface area contributed by atoms with Crippen LogP contribution in [0.2, 0.25) is 0 Å². The van der Waals surface area contributed by atoms with Crippen LogP contribution in [0, 0.1) is 16.0 Å². The normalized spacial score (nSPS) is 14.6. The lowest BCUT2D eigenvalue weighted by atomic mass is 9.96. The number of nitrogens with zero attached hydrogens (tertiary/aromatic N) is 4. The lowest BCUT2D eigenvalue weighted by Crippen LogP contribution is -2.41. The maximum atomic E-state index is 12.4. The van der Waals surface area contributed by atoms with Crippen molar-refractivity contribution in [2.24, 2.45) is 5.92 Å². The van der Waals surface area contributed by atoms with Gasteiger partial charge in [-0.05, 0) is 12.8 Å². The molecule has 0 saturated carbocycles. The molecule has 1 N–H and O–H groups in total. The van der Waals surface area contributed by atoms with Gasteiger partial charge in [-0.3, -0.25) is 14.9 Å². The van der Waals surface area contributed by atoms with Crippen LogP contribution in [0.25, 0.3) is 0 Å². The number of nitro groups is 1. The molecule has 0 spiro atoms. The summed E-state index contributed by atoms with van der Waals surface area (Å²) < 4.78 is 5.12. The molecule has 1 aromatic heterocycles. The smallest absolute Gasteiger partial charge is 0.274 e. The summed E-state index contributed by atoms with van der Waals surface area (Å²) in [6, 6.07) is 8.11. The molecule has 2 aromatic rings. The molecular weight excluding hydrogens is 350 g/mol. The Bertz CT molecular complexity index is 821. The molecule has 1 aliphatic heterocycles. The second-order valence-electron chi connectivity index (χ2n) is 6.26. The molecule has 1 amide bonds. The Labute approximate surface area is 156 Å². The van der Waals surface area contributed by atoms with Gasteiger partial charge in [0, 0.05) is 49.4 Å². The zero-order chi connectivity index (χ0) is 19.2. The van der Waals surface area contributed by atoms with E-state index in [0.717, 1.165) is 0 Å². The summed E-state index contributed by atoms with van der Waals surface area (Å²) in [7, 11) is 1.56. The van der Waals surface area contributed by atoms with E-state index < -0.39 is 4.92 Å². The summed E-state index contributed by atoms with van der Waals surface area (Å²) in [5, 5.41) is 13.9. The molecule has 2 heterocycles. The van der Waals surface area contributed by atoms with Gasteiger partial charge in [-0.1, -0.05) is 18.2 Å². The number of hydrogen-bond donors (Lipinski definition) is 1. The average molecular weight is 371 g/mol. The summed E-state index contributed by atoms with van der Waals surface area (Å²) in [5.41, 5.74) is 0.515. The van der Waals surface area contributed by atoms with Gasteiger partial charge in [0.05, 0.1) is 12.0 Å². The van der Waals surface area contributed by atoms with Gasteiger partial charge in [0.25, 0.3) is 5.69 Å². The van der Waals surface area contributed by atoms with E-state index in [4.69, 9.17) is 4.74 Å². The highest BCUT2D eigenvalue weighted by molar-refractivity contribution is 5.79. The standard InChI is InChI=1S/C18H21N5O4/c1-27-16-6-9-19-18(21-16)22-10-7-13(8-11-22)17(24)20-12-14-4-2-3-5-15(14)23(25)26/h2-6,9,13H,7-8,10-12H2,1H3,(H,20,24). The fraction of sp³-hybridized carbons (Fsp3) is 0.389. The largest absolute Gasteiger partial charge is 0.481 e. The van der Waals surface area contributed by atoms with Gasteiger partial charge in [0.15, 0.2) is 0 Å². The van der Waals surface area contributed by atoms with Gasteiger partial charge < -0.3 is 15.0 Å². The fourth-order valence-electron chi connectivity index (χ4n) is 3.11. The number of nitrogens with one attached hydrogen (secondary N) is 1. The zero-order valence-electron chi connectivity index (χ0n) is 15.0. The minimum Gasteiger partial charge on any atom is -0.481 e. The van der Waals surface area contributed by atoms with E-state index in [-0.39, 0.29) is 24.1 Å². The first kappa shape index (κ1) is 18.6. The van der Waals surface area contributed by atoms with E-state index >= 15 is 0 Å². The second-order valence-corrected chi connectivity index (χ2v) is 6.26. The number of nitro benzene ring substituents is 1. The van der Waals surface area contributed by atoms with E-state index in [1.54, 1.807) is 37.6 Å². The number of carbonyl (C=O) groups excluding carboxylic acids is 1. The summed E-state index contributed by atoms with van der Waals surface area (Å²) in [4.78, 5) is 33.7. The van der Waals surface area contributed by atoms with E-state index in [0.29, 0.717) is 43.3 Å². The molecule has 142 valence electrons. The summed E-state index contributed by atoms with van der Waals surface area (Å²) in [6.07, 6.45) is 2.99. The first-order valence-electron chi connectivity index (χ1n) is 8.70. The van der Waals surface area contributed by atoms with Gasteiger partial charge in [-0.25, -0.2) is 4.98 Å². The van der Waals surface area contributed by atoms with Crippen molar-refractivity contribution in [3.05, 3.63) is 52.2 Å². The molecule has 0 aliphatic carbocycles. The number of methoxy groups -OCH3 is 1. The molecule has 1 aromatic carbocycles. The maximum Gasteiger partial charge on any atom is 0.274 e. The molecule has 0 radical (unpaired) electrons. The molecule has 9 heteroatoms. The molecule has 1 saturated heterocycles. The Balaban J connectivity index is 1.54. The Morgan fingerprint density at radius 1 is 1.33 bits per heavy atom. The van der Waals surface area contributed by atoms with Crippen molar-refractivity contribution in [2.45, 2.75) is 19.4 Å². The molecule has 0 unspecified atom stereocenters. The van der Waals surface area contributed by atoms with Crippen molar-refractivity contribution in [2.75, 3.05) is 25.1 Å². The van der Waals surface area contributed by atoms with Crippen molar-refractivity contribution in [3.8, 4) is 5.88 Å². The first-order valence-corrected chi connectivity index (χ1v) is 8.70. The highest BCUT2D eigenvalue weighted by Gasteiger charge is 2.26. The molecular formula is C18H21N5O4. The van der Waals surface area contributed by atoms with Crippen molar-refractivity contribution >= 4 is 17.5 Å². The topological polar surface area (TPSA) is 110 Å². The van der Waals surface area contributed by atoms with Crippen molar-refractivity contribution < 1.29 is 14.5 Å². The van der Waals surface area contributed by atoms with Gasteiger partial charge in [0.2, 0.25) is 17.7 Å². The molecule has 0 bridgehead atoms. The highest BCUT2D eigenvalue weighted by Crippen LogP contribution is 2.23. The fourth-order valence-corrected chi connectivity index (χ4v) is 3.11. The van der Waals surface area contributed by atoms with Crippen molar-refractivity contribution in [1.29, 1.82) is 0 Å². The molecule has 27 heavy (non-hydrogen) atoms. The lowest BCUT2D eigenvalue weighted by molar-refractivity contribution is -0.385. The number of para-hydroxylation sites is 1. The third-order valence-electron chi connectivity index (χ3n) is 4.62. The summed E-state index contributed by atoms with van der Waals surface area (Å²) >= 11 is 0. The van der Waals surface area contributed by atoms with Gasteiger partial charge in [-0.2, -0.15) is 4.98 Å². The Hall–Kier alpha value is -3.23. The summed E-state index contributed by atoms with van der Waals surface area (Å²) in [6.45, 7) is 1.47. The number of anilines is 1. The molecule has 1 fully saturated rings.